The van der Waals surface area contributed by atoms with Crippen LogP contribution >= 0.6 is 11.6 Å². The molecule has 3 rings (SSSR count). The third-order valence-electron chi connectivity index (χ3n) is 5.11. The van der Waals surface area contributed by atoms with Gasteiger partial charge in [0.2, 0.25) is 11.8 Å². The molecule has 1 N–H and O–H groups in total. The summed E-state index contributed by atoms with van der Waals surface area (Å²) in [7, 11) is 1.60. The van der Waals surface area contributed by atoms with Crippen LogP contribution in [0.2, 0.25) is 5.02 Å². The fraction of sp³-hybridized carbons (Fsp3) is 0.318. The predicted octanol–water partition coefficient (Wildman–Crippen LogP) is 3.43. The van der Waals surface area contributed by atoms with Gasteiger partial charge in [-0.25, -0.2) is 4.39 Å². The number of amides is 3. The molecule has 1 fully saturated rings. The topological polar surface area (TPSA) is 69.7 Å². The van der Waals surface area contributed by atoms with Gasteiger partial charge < -0.3 is 15.1 Å². The summed E-state index contributed by atoms with van der Waals surface area (Å²) >= 11 is 5.83. The van der Waals surface area contributed by atoms with Crippen LogP contribution < -0.4 is 5.32 Å². The highest BCUT2D eigenvalue weighted by Crippen LogP contribution is 2.21. The minimum atomic E-state index is -0.390. The van der Waals surface area contributed by atoms with Gasteiger partial charge in [-0.1, -0.05) is 11.6 Å². The zero-order chi connectivity index (χ0) is 21.7. The largest absolute Gasteiger partial charge is 0.339 e. The van der Waals surface area contributed by atoms with Crippen LogP contribution in [0.1, 0.15) is 23.2 Å². The summed E-state index contributed by atoms with van der Waals surface area (Å²) < 4.78 is 13.0. The Bertz CT molecular complexity index is 910. The zero-order valence-corrected chi connectivity index (χ0v) is 17.4. The predicted molar refractivity (Wildman–Crippen MR) is 113 cm³/mol. The zero-order valence-electron chi connectivity index (χ0n) is 16.6. The van der Waals surface area contributed by atoms with Gasteiger partial charge >= 0.3 is 0 Å². The van der Waals surface area contributed by atoms with Crippen LogP contribution in [0.3, 0.4) is 0 Å². The Balaban J connectivity index is 1.48. The Morgan fingerprint density at radius 1 is 1.07 bits per heavy atom. The van der Waals surface area contributed by atoms with E-state index in [2.05, 4.69) is 5.32 Å². The fourth-order valence-corrected chi connectivity index (χ4v) is 3.57. The number of rotatable bonds is 5. The molecule has 0 atom stereocenters. The number of likely N-dealkylation sites (N-methyl/N-ethyl adjacent to an activating group) is 1. The number of carbonyl (C=O) groups excluding carboxylic acids is 3. The molecule has 1 aliphatic rings. The normalized spacial score (nSPS) is 14.3. The van der Waals surface area contributed by atoms with Gasteiger partial charge in [-0.2, -0.15) is 0 Å². The lowest BCUT2D eigenvalue weighted by atomic mass is 9.95. The Kier molecular flexibility index (Phi) is 7.05. The van der Waals surface area contributed by atoms with Gasteiger partial charge in [0.15, 0.2) is 0 Å². The van der Waals surface area contributed by atoms with Crippen molar-refractivity contribution in [2.24, 2.45) is 5.92 Å². The summed E-state index contributed by atoms with van der Waals surface area (Å²) in [5.41, 5.74) is 1.04. The number of piperidine rings is 1. The summed E-state index contributed by atoms with van der Waals surface area (Å²) in [6.07, 6.45) is 1.05. The maximum atomic E-state index is 13.0. The van der Waals surface area contributed by atoms with Crippen LogP contribution in [0.15, 0.2) is 48.5 Å². The van der Waals surface area contributed by atoms with E-state index in [1.807, 2.05) is 0 Å². The van der Waals surface area contributed by atoms with Crippen molar-refractivity contribution in [2.45, 2.75) is 12.8 Å². The Morgan fingerprint density at radius 3 is 2.27 bits per heavy atom. The highest BCUT2D eigenvalue weighted by Gasteiger charge is 2.30. The first kappa shape index (κ1) is 21.8. The monoisotopic (exact) mass is 431 g/mol. The second-order valence-corrected chi connectivity index (χ2v) is 7.76. The van der Waals surface area contributed by atoms with Gasteiger partial charge in [0, 0.05) is 42.3 Å². The van der Waals surface area contributed by atoms with Crippen LogP contribution in [0.5, 0.6) is 0 Å². The molecule has 0 aliphatic carbocycles. The van der Waals surface area contributed by atoms with Crippen molar-refractivity contribution in [1.29, 1.82) is 0 Å². The third kappa shape index (κ3) is 5.57. The Hall–Kier alpha value is -2.93. The summed E-state index contributed by atoms with van der Waals surface area (Å²) in [6.45, 7) is 0.824. The molecule has 0 unspecified atom stereocenters. The first-order valence-corrected chi connectivity index (χ1v) is 10.1. The van der Waals surface area contributed by atoms with Gasteiger partial charge in [-0.05, 0) is 61.4 Å². The molecule has 1 saturated heterocycles. The minimum Gasteiger partial charge on any atom is -0.339 e. The van der Waals surface area contributed by atoms with Crippen molar-refractivity contribution in [3.8, 4) is 0 Å². The van der Waals surface area contributed by atoms with E-state index >= 15 is 0 Å². The quantitative estimate of drug-likeness (QED) is 0.788. The Morgan fingerprint density at radius 2 is 1.67 bits per heavy atom. The van der Waals surface area contributed by atoms with E-state index in [0.29, 0.717) is 42.2 Å². The standard InChI is InChI=1S/C22H23ClFN3O3/c1-26(14-20(28)25-19-8-4-17(23)5-9-19)21(29)16-10-12-27(13-11-16)22(30)15-2-6-18(24)7-3-15/h2-9,16H,10-14H2,1H3,(H,25,28). The van der Waals surface area contributed by atoms with Gasteiger partial charge in [0.25, 0.3) is 5.91 Å². The number of nitrogens with zero attached hydrogens (tertiary/aromatic N) is 2. The molecular weight excluding hydrogens is 409 g/mol. The number of hydrogen-bond acceptors (Lipinski definition) is 3. The SMILES string of the molecule is CN(CC(=O)Nc1ccc(Cl)cc1)C(=O)C1CCN(C(=O)c2ccc(F)cc2)CC1. The second-order valence-electron chi connectivity index (χ2n) is 7.32. The molecule has 2 aromatic rings. The first-order valence-electron chi connectivity index (χ1n) is 9.68. The average Bonchev–Trinajstić information content (AvgIpc) is 2.75. The molecule has 1 heterocycles. The lowest BCUT2D eigenvalue weighted by Gasteiger charge is -2.33. The minimum absolute atomic E-state index is 0.0593. The highest BCUT2D eigenvalue weighted by molar-refractivity contribution is 6.30. The van der Waals surface area contributed by atoms with Crippen LogP contribution in [0, 0.1) is 11.7 Å². The number of anilines is 1. The van der Waals surface area contributed by atoms with E-state index in [4.69, 9.17) is 11.6 Å². The number of hydrogen-bond donors (Lipinski definition) is 1. The maximum absolute atomic E-state index is 13.0. The molecule has 0 radical (unpaired) electrons. The lowest BCUT2D eigenvalue weighted by Crippen LogP contribution is -2.45. The van der Waals surface area contributed by atoms with Crippen molar-refractivity contribution < 1.29 is 18.8 Å². The summed E-state index contributed by atoms with van der Waals surface area (Å²) in [5.74, 6) is -1.21. The molecule has 2 aromatic carbocycles. The molecule has 1 aliphatic heterocycles. The van der Waals surface area contributed by atoms with Gasteiger partial charge in [0.1, 0.15) is 5.82 Å². The summed E-state index contributed by atoms with van der Waals surface area (Å²) in [5, 5.41) is 3.30. The van der Waals surface area contributed by atoms with Crippen molar-refractivity contribution in [3.63, 3.8) is 0 Å². The van der Waals surface area contributed by atoms with E-state index < -0.39 is 0 Å². The average molecular weight is 432 g/mol. The number of carbonyl (C=O) groups is 3. The third-order valence-corrected chi connectivity index (χ3v) is 5.36. The van der Waals surface area contributed by atoms with Crippen molar-refractivity contribution in [3.05, 3.63) is 64.9 Å². The molecule has 6 nitrogen and oxygen atoms in total. The number of likely N-dealkylation sites (tertiary alicyclic amines) is 1. The van der Waals surface area contributed by atoms with Crippen LogP contribution in [-0.2, 0) is 9.59 Å². The number of nitrogens with one attached hydrogen (secondary N) is 1. The van der Waals surface area contributed by atoms with Gasteiger partial charge in [-0.15, -0.1) is 0 Å². The number of halogens is 2. The molecule has 0 spiro atoms. The van der Waals surface area contributed by atoms with Crippen molar-refractivity contribution in [2.75, 3.05) is 32.0 Å². The molecule has 158 valence electrons. The molecule has 8 heteroatoms. The second kappa shape index (κ2) is 9.71. The van der Waals surface area contributed by atoms with E-state index in [1.54, 1.807) is 36.2 Å². The molecular formula is C22H23ClFN3O3. The van der Waals surface area contributed by atoms with Crippen LogP contribution in [-0.4, -0.2) is 54.2 Å². The maximum Gasteiger partial charge on any atom is 0.253 e. The van der Waals surface area contributed by atoms with Crippen molar-refractivity contribution >= 4 is 35.0 Å². The van der Waals surface area contributed by atoms with E-state index in [1.165, 1.54) is 29.2 Å². The molecule has 0 bridgehead atoms. The first-order chi connectivity index (χ1) is 14.3. The van der Waals surface area contributed by atoms with E-state index in [-0.39, 0.29) is 36.0 Å². The summed E-state index contributed by atoms with van der Waals surface area (Å²) in [4.78, 5) is 40.5. The van der Waals surface area contributed by atoms with Crippen molar-refractivity contribution in [1.82, 2.24) is 9.80 Å². The fourth-order valence-electron chi connectivity index (χ4n) is 3.44. The molecule has 0 aromatic heterocycles. The smallest absolute Gasteiger partial charge is 0.253 e. The summed E-state index contributed by atoms with van der Waals surface area (Å²) in [6, 6.07) is 12.2. The van der Waals surface area contributed by atoms with Crippen LogP contribution in [0.4, 0.5) is 10.1 Å². The van der Waals surface area contributed by atoms with E-state index in [9.17, 15) is 18.8 Å². The Labute approximate surface area is 179 Å². The van der Waals surface area contributed by atoms with Crippen LogP contribution in [0.25, 0.3) is 0 Å². The highest BCUT2D eigenvalue weighted by atomic mass is 35.5. The number of benzene rings is 2. The van der Waals surface area contributed by atoms with Gasteiger partial charge in [0.05, 0.1) is 6.54 Å². The lowest BCUT2D eigenvalue weighted by molar-refractivity contribution is -0.138. The molecule has 0 saturated carbocycles. The van der Waals surface area contributed by atoms with Gasteiger partial charge in [-0.3, -0.25) is 14.4 Å². The molecule has 3 amide bonds. The molecule has 30 heavy (non-hydrogen) atoms. The van der Waals surface area contributed by atoms with E-state index in [0.717, 1.165) is 0 Å².